The normalized spacial score (nSPS) is 11.6. The maximum absolute atomic E-state index is 13.0. The molecule has 0 atom stereocenters. The second-order valence-corrected chi connectivity index (χ2v) is 7.30. The van der Waals surface area contributed by atoms with Crippen molar-refractivity contribution in [3.8, 4) is 16.9 Å². The van der Waals surface area contributed by atoms with Crippen LogP contribution in [0.2, 0.25) is 0 Å². The van der Waals surface area contributed by atoms with Gasteiger partial charge in [-0.25, -0.2) is 4.79 Å². The van der Waals surface area contributed by atoms with Crippen molar-refractivity contribution < 1.29 is 22.3 Å². The van der Waals surface area contributed by atoms with E-state index in [4.69, 9.17) is 9.15 Å². The number of alkyl halides is 3. The summed E-state index contributed by atoms with van der Waals surface area (Å²) in [7, 11) is 1.54. The lowest BCUT2D eigenvalue weighted by Gasteiger charge is -2.15. The Morgan fingerprint density at radius 2 is 1.65 bits per heavy atom. The second kappa shape index (κ2) is 7.95. The molecule has 0 saturated carbocycles. The first-order valence-corrected chi connectivity index (χ1v) is 9.64. The molecule has 0 aliphatic rings. The molecule has 0 amide bonds. The summed E-state index contributed by atoms with van der Waals surface area (Å²) in [5.74, 6) is 0.587. The lowest BCUT2D eigenvalue weighted by atomic mass is 9.92. The summed E-state index contributed by atoms with van der Waals surface area (Å²) in [6.45, 7) is 1.88. The SMILES string of the molecule is COc1cc2oc(=O)c(-c3ccc(C(F)(F)F)cc3)c(Cc3ccccc3)c2cc1C. The van der Waals surface area contributed by atoms with E-state index < -0.39 is 17.4 Å². The van der Waals surface area contributed by atoms with Crippen LogP contribution in [0.1, 0.15) is 22.3 Å². The highest BCUT2D eigenvalue weighted by Gasteiger charge is 2.30. The van der Waals surface area contributed by atoms with Gasteiger partial charge in [0.15, 0.2) is 0 Å². The van der Waals surface area contributed by atoms with Crippen LogP contribution in [0.4, 0.5) is 13.2 Å². The van der Waals surface area contributed by atoms with Crippen LogP contribution in [0.15, 0.2) is 75.9 Å². The van der Waals surface area contributed by atoms with Crippen LogP contribution in [0.3, 0.4) is 0 Å². The molecule has 1 heterocycles. The number of hydrogen-bond donors (Lipinski definition) is 0. The van der Waals surface area contributed by atoms with E-state index in [2.05, 4.69) is 0 Å². The van der Waals surface area contributed by atoms with Crippen molar-refractivity contribution >= 4 is 11.0 Å². The molecule has 158 valence electrons. The highest BCUT2D eigenvalue weighted by Crippen LogP contribution is 2.35. The average Bonchev–Trinajstić information content (AvgIpc) is 2.74. The minimum atomic E-state index is -4.45. The van der Waals surface area contributed by atoms with E-state index in [0.29, 0.717) is 28.9 Å². The number of ether oxygens (including phenoxy) is 1. The van der Waals surface area contributed by atoms with E-state index >= 15 is 0 Å². The molecule has 31 heavy (non-hydrogen) atoms. The lowest BCUT2D eigenvalue weighted by molar-refractivity contribution is -0.137. The van der Waals surface area contributed by atoms with E-state index in [-0.39, 0.29) is 5.56 Å². The summed E-state index contributed by atoms with van der Waals surface area (Å²) in [6.07, 6.45) is -4.03. The molecule has 3 aromatic carbocycles. The Hall–Kier alpha value is -3.54. The topological polar surface area (TPSA) is 39.4 Å². The molecule has 4 aromatic rings. The van der Waals surface area contributed by atoms with Gasteiger partial charge in [0.05, 0.1) is 18.2 Å². The zero-order chi connectivity index (χ0) is 22.2. The number of methoxy groups -OCH3 is 1. The van der Waals surface area contributed by atoms with Crippen LogP contribution >= 0.6 is 0 Å². The molecule has 3 nitrogen and oxygen atoms in total. The fourth-order valence-electron chi connectivity index (χ4n) is 3.72. The molecule has 0 fully saturated rings. The zero-order valence-corrected chi connectivity index (χ0v) is 16.9. The molecule has 0 radical (unpaired) electrons. The van der Waals surface area contributed by atoms with Crippen LogP contribution in [0.25, 0.3) is 22.1 Å². The van der Waals surface area contributed by atoms with Gasteiger partial charge in [0, 0.05) is 11.5 Å². The largest absolute Gasteiger partial charge is 0.496 e. The Morgan fingerprint density at radius 3 is 2.26 bits per heavy atom. The first-order valence-electron chi connectivity index (χ1n) is 9.64. The molecule has 0 spiro atoms. The van der Waals surface area contributed by atoms with Gasteiger partial charge in [0.2, 0.25) is 0 Å². The fourth-order valence-corrected chi connectivity index (χ4v) is 3.72. The molecule has 0 saturated heterocycles. The Balaban J connectivity index is 1.98. The first kappa shape index (κ1) is 20.7. The summed E-state index contributed by atoms with van der Waals surface area (Å²) < 4.78 is 49.9. The maximum atomic E-state index is 13.0. The Bertz CT molecular complexity index is 1290. The van der Waals surface area contributed by atoms with Crippen molar-refractivity contribution in [3.05, 3.63) is 99.4 Å². The highest BCUT2D eigenvalue weighted by molar-refractivity contribution is 5.89. The van der Waals surface area contributed by atoms with Gasteiger partial charge >= 0.3 is 11.8 Å². The lowest BCUT2D eigenvalue weighted by Crippen LogP contribution is -2.10. The monoisotopic (exact) mass is 424 g/mol. The maximum Gasteiger partial charge on any atom is 0.416 e. The van der Waals surface area contributed by atoms with Gasteiger partial charge in [-0.3, -0.25) is 0 Å². The van der Waals surface area contributed by atoms with E-state index in [1.54, 1.807) is 6.07 Å². The third-order valence-electron chi connectivity index (χ3n) is 5.26. The molecule has 0 bridgehead atoms. The molecular formula is C25H19F3O3. The van der Waals surface area contributed by atoms with Crippen molar-refractivity contribution in [2.75, 3.05) is 7.11 Å². The van der Waals surface area contributed by atoms with Gasteiger partial charge in [0.25, 0.3) is 0 Å². The van der Waals surface area contributed by atoms with Gasteiger partial charge in [0.1, 0.15) is 11.3 Å². The Kier molecular flexibility index (Phi) is 5.31. The molecule has 4 rings (SSSR count). The predicted octanol–water partition coefficient (Wildman–Crippen LogP) is 6.39. The molecule has 1 aromatic heterocycles. The molecule has 6 heteroatoms. The number of hydrogen-bond acceptors (Lipinski definition) is 3. The summed E-state index contributed by atoms with van der Waals surface area (Å²) in [5, 5.41) is 0.719. The standard InChI is InChI=1S/C25H19F3O3/c1-15-12-19-20(13-16-6-4-3-5-7-16)23(24(29)31-22(19)14-21(15)30-2)17-8-10-18(11-9-17)25(26,27)28/h3-12,14H,13H2,1-2H3. The highest BCUT2D eigenvalue weighted by atomic mass is 19.4. The predicted molar refractivity (Wildman–Crippen MR) is 113 cm³/mol. The second-order valence-electron chi connectivity index (χ2n) is 7.30. The third kappa shape index (κ3) is 4.06. The molecule has 0 aliphatic carbocycles. The van der Waals surface area contributed by atoms with Crippen molar-refractivity contribution in [3.63, 3.8) is 0 Å². The van der Waals surface area contributed by atoms with E-state index in [9.17, 15) is 18.0 Å². The minimum Gasteiger partial charge on any atom is -0.496 e. The van der Waals surface area contributed by atoms with Crippen molar-refractivity contribution in [1.82, 2.24) is 0 Å². The summed E-state index contributed by atoms with van der Waals surface area (Å²) in [6, 6.07) is 17.7. The number of rotatable bonds is 4. The molecule has 0 aliphatic heterocycles. The number of fused-ring (bicyclic) bond motifs is 1. The minimum absolute atomic E-state index is 0.259. The van der Waals surface area contributed by atoms with Crippen molar-refractivity contribution in [1.29, 1.82) is 0 Å². The van der Waals surface area contributed by atoms with Gasteiger partial charge in [-0.05, 0) is 53.8 Å². The summed E-state index contributed by atoms with van der Waals surface area (Å²) >= 11 is 0. The number of benzene rings is 3. The number of aryl methyl sites for hydroxylation is 1. The van der Waals surface area contributed by atoms with Gasteiger partial charge < -0.3 is 9.15 Å². The molecule has 0 N–H and O–H groups in total. The Morgan fingerprint density at radius 1 is 0.968 bits per heavy atom. The molecule has 0 unspecified atom stereocenters. The molecular weight excluding hydrogens is 405 g/mol. The van der Waals surface area contributed by atoms with Gasteiger partial charge in [-0.15, -0.1) is 0 Å². The smallest absolute Gasteiger partial charge is 0.416 e. The zero-order valence-electron chi connectivity index (χ0n) is 16.9. The third-order valence-corrected chi connectivity index (χ3v) is 5.26. The van der Waals surface area contributed by atoms with Crippen molar-refractivity contribution in [2.24, 2.45) is 0 Å². The van der Waals surface area contributed by atoms with Crippen LogP contribution in [-0.2, 0) is 12.6 Å². The fraction of sp³-hybridized carbons (Fsp3) is 0.160. The van der Waals surface area contributed by atoms with Crippen LogP contribution in [0.5, 0.6) is 5.75 Å². The van der Waals surface area contributed by atoms with E-state index in [1.165, 1.54) is 19.2 Å². The quantitative estimate of drug-likeness (QED) is 0.357. The summed E-state index contributed by atoms with van der Waals surface area (Å²) in [5.41, 5.74) is 2.15. The van der Waals surface area contributed by atoms with E-state index in [0.717, 1.165) is 28.6 Å². The van der Waals surface area contributed by atoms with E-state index in [1.807, 2.05) is 43.3 Å². The summed E-state index contributed by atoms with van der Waals surface area (Å²) in [4.78, 5) is 13.0. The van der Waals surface area contributed by atoms with Crippen LogP contribution < -0.4 is 10.4 Å². The first-order chi connectivity index (χ1) is 14.8. The number of halogens is 3. The average molecular weight is 424 g/mol. The van der Waals surface area contributed by atoms with Gasteiger partial charge in [-0.2, -0.15) is 13.2 Å². The van der Waals surface area contributed by atoms with Crippen LogP contribution in [-0.4, -0.2) is 7.11 Å². The van der Waals surface area contributed by atoms with Crippen LogP contribution in [0, 0.1) is 6.92 Å². The van der Waals surface area contributed by atoms with Crippen molar-refractivity contribution in [2.45, 2.75) is 19.5 Å². The van der Waals surface area contributed by atoms with Gasteiger partial charge in [-0.1, -0.05) is 42.5 Å². The Labute approximate surface area is 176 Å².